The van der Waals surface area contributed by atoms with Crippen molar-refractivity contribution in [2.75, 3.05) is 0 Å². The van der Waals surface area contributed by atoms with Gasteiger partial charge in [0.2, 0.25) is 0 Å². The average molecular weight is 654 g/mol. The molecule has 4 heteroatoms. The second kappa shape index (κ2) is 12.0. The van der Waals surface area contributed by atoms with Crippen molar-refractivity contribution in [1.82, 2.24) is 15.0 Å². The minimum atomic E-state index is -0.145. The van der Waals surface area contributed by atoms with Crippen LogP contribution in [0.3, 0.4) is 0 Å². The number of aromatic nitrogens is 3. The summed E-state index contributed by atoms with van der Waals surface area (Å²) in [5.41, 5.74) is 11.2. The summed E-state index contributed by atoms with van der Waals surface area (Å²) in [4.78, 5) is 15.0. The van der Waals surface area contributed by atoms with Gasteiger partial charge in [-0.15, -0.1) is 0 Å². The van der Waals surface area contributed by atoms with E-state index in [0.29, 0.717) is 17.5 Å². The standard InChI is InChI=1S/C47H31N3O/c1-3-13-31(14-4-1)45-48-46(32-15-5-2-6-16-32)50-47(49-45)38-24-25-42-41(29-38)43-40(28-37-18-9-10-21-39(37)44(43)51-42)36-20-11-19-34(27-36)35-23-22-30-12-7-8-17-33(30)26-35/h1-29,43-44H. The first-order valence-corrected chi connectivity index (χ1v) is 17.3. The van der Waals surface area contributed by atoms with Crippen LogP contribution in [-0.2, 0) is 0 Å². The van der Waals surface area contributed by atoms with Crippen LogP contribution < -0.4 is 4.74 Å². The minimum Gasteiger partial charge on any atom is -0.484 e. The first kappa shape index (κ1) is 29.3. The van der Waals surface area contributed by atoms with Crippen LogP contribution in [0.1, 0.15) is 34.3 Å². The van der Waals surface area contributed by atoms with Crippen LogP contribution in [0.25, 0.3) is 67.7 Å². The molecule has 2 heterocycles. The third-order valence-electron chi connectivity index (χ3n) is 10.1. The Bertz CT molecular complexity index is 2570. The molecular weight excluding hydrogens is 623 g/mol. The van der Waals surface area contributed by atoms with Gasteiger partial charge in [-0.05, 0) is 75.0 Å². The number of hydrogen-bond donors (Lipinski definition) is 0. The molecule has 8 aromatic rings. The highest BCUT2D eigenvalue weighted by molar-refractivity contribution is 5.93. The maximum absolute atomic E-state index is 6.84. The van der Waals surface area contributed by atoms with Gasteiger partial charge in [0.1, 0.15) is 11.9 Å². The molecule has 0 bridgehead atoms. The van der Waals surface area contributed by atoms with E-state index in [-0.39, 0.29) is 12.0 Å². The predicted molar refractivity (Wildman–Crippen MR) is 206 cm³/mol. The lowest BCUT2D eigenvalue weighted by molar-refractivity contribution is 0.226. The molecule has 0 spiro atoms. The zero-order chi connectivity index (χ0) is 33.7. The zero-order valence-corrected chi connectivity index (χ0v) is 27.6. The van der Waals surface area contributed by atoms with E-state index in [1.54, 1.807) is 0 Å². The SMILES string of the molecule is C1=C(c2cccc(-c3ccc4ccccc4c3)c2)C2c3cc(-c4nc(-c5ccccc5)nc(-c5ccccc5)n4)ccc3OC2c2ccccc21. The number of rotatable bonds is 5. The first-order chi connectivity index (χ1) is 25.2. The summed E-state index contributed by atoms with van der Waals surface area (Å²) in [5.74, 6) is 2.81. The summed E-state index contributed by atoms with van der Waals surface area (Å²) in [6.07, 6.45) is 2.21. The summed E-state index contributed by atoms with van der Waals surface area (Å²) in [6, 6.07) is 59.4. The molecule has 51 heavy (non-hydrogen) atoms. The van der Waals surface area contributed by atoms with Crippen molar-refractivity contribution in [2.45, 2.75) is 12.0 Å². The maximum atomic E-state index is 6.84. The van der Waals surface area contributed by atoms with Crippen molar-refractivity contribution in [3.8, 4) is 51.0 Å². The Morgan fingerprint density at radius 3 is 1.75 bits per heavy atom. The molecule has 0 amide bonds. The molecule has 2 atom stereocenters. The van der Waals surface area contributed by atoms with Crippen molar-refractivity contribution in [3.63, 3.8) is 0 Å². The number of benzene rings is 7. The van der Waals surface area contributed by atoms with Gasteiger partial charge in [0, 0.05) is 27.8 Å². The van der Waals surface area contributed by atoms with E-state index in [1.807, 2.05) is 60.7 Å². The molecule has 1 aromatic heterocycles. The Kier molecular flexibility index (Phi) is 6.91. The van der Waals surface area contributed by atoms with Crippen LogP contribution in [0.2, 0.25) is 0 Å². The van der Waals surface area contributed by atoms with Gasteiger partial charge in [0.15, 0.2) is 17.5 Å². The molecule has 10 rings (SSSR count). The highest BCUT2D eigenvalue weighted by Crippen LogP contribution is 2.56. The van der Waals surface area contributed by atoms with Gasteiger partial charge in [-0.3, -0.25) is 0 Å². The molecule has 0 saturated heterocycles. The van der Waals surface area contributed by atoms with E-state index in [1.165, 1.54) is 44.2 Å². The molecule has 1 aliphatic carbocycles. The number of ether oxygens (including phenoxy) is 1. The van der Waals surface area contributed by atoms with Crippen LogP contribution in [0.5, 0.6) is 5.75 Å². The van der Waals surface area contributed by atoms with Crippen molar-refractivity contribution < 1.29 is 4.74 Å². The molecule has 2 unspecified atom stereocenters. The molecule has 2 aliphatic rings. The molecule has 0 radical (unpaired) electrons. The number of hydrogen-bond acceptors (Lipinski definition) is 4. The lowest BCUT2D eigenvalue weighted by atomic mass is 9.75. The van der Waals surface area contributed by atoms with Crippen LogP contribution in [0, 0.1) is 0 Å². The van der Waals surface area contributed by atoms with Gasteiger partial charge in [-0.2, -0.15) is 0 Å². The molecule has 0 saturated carbocycles. The quantitative estimate of drug-likeness (QED) is 0.185. The van der Waals surface area contributed by atoms with Crippen molar-refractivity contribution in [2.24, 2.45) is 0 Å². The normalized spacial score (nSPS) is 15.7. The van der Waals surface area contributed by atoms with Gasteiger partial charge < -0.3 is 4.74 Å². The summed E-state index contributed by atoms with van der Waals surface area (Å²) < 4.78 is 6.84. The average Bonchev–Trinajstić information content (AvgIpc) is 3.60. The van der Waals surface area contributed by atoms with E-state index < -0.39 is 0 Å². The van der Waals surface area contributed by atoms with Crippen LogP contribution in [0.15, 0.2) is 170 Å². The Hall–Kier alpha value is -6.65. The van der Waals surface area contributed by atoms with Crippen LogP contribution in [0.4, 0.5) is 0 Å². The largest absolute Gasteiger partial charge is 0.484 e. The van der Waals surface area contributed by atoms with Crippen molar-refractivity contribution in [1.29, 1.82) is 0 Å². The van der Waals surface area contributed by atoms with E-state index >= 15 is 0 Å². The lowest BCUT2D eigenvalue weighted by Crippen LogP contribution is -2.16. The second-order valence-corrected chi connectivity index (χ2v) is 13.2. The third kappa shape index (κ3) is 5.20. The van der Waals surface area contributed by atoms with E-state index in [2.05, 4.69) is 115 Å². The third-order valence-corrected chi connectivity index (χ3v) is 10.1. The van der Waals surface area contributed by atoms with Crippen LogP contribution >= 0.6 is 0 Å². The van der Waals surface area contributed by atoms with Crippen molar-refractivity contribution in [3.05, 3.63) is 192 Å². The Morgan fingerprint density at radius 1 is 0.392 bits per heavy atom. The summed E-state index contributed by atoms with van der Waals surface area (Å²) in [5, 5.41) is 2.48. The molecule has 240 valence electrons. The number of nitrogens with zero attached hydrogens (tertiary/aromatic N) is 3. The summed E-state index contributed by atoms with van der Waals surface area (Å²) >= 11 is 0. The molecule has 1 aliphatic heterocycles. The zero-order valence-electron chi connectivity index (χ0n) is 27.6. The maximum Gasteiger partial charge on any atom is 0.164 e. The summed E-state index contributed by atoms with van der Waals surface area (Å²) in [7, 11) is 0. The van der Waals surface area contributed by atoms with E-state index in [0.717, 1.165) is 28.0 Å². The fourth-order valence-electron chi connectivity index (χ4n) is 7.59. The van der Waals surface area contributed by atoms with Gasteiger partial charge in [0.05, 0.1) is 5.92 Å². The topological polar surface area (TPSA) is 47.9 Å². The van der Waals surface area contributed by atoms with Gasteiger partial charge in [0.25, 0.3) is 0 Å². The Labute approximate surface area is 296 Å². The number of fused-ring (bicyclic) bond motifs is 6. The van der Waals surface area contributed by atoms with E-state index in [9.17, 15) is 0 Å². The van der Waals surface area contributed by atoms with E-state index in [4.69, 9.17) is 19.7 Å². The highest BCUT2D eigenvalue weighted by atomic mass is 16.5. The van der Waals surface area contributed by atoms with Gasteiger partial charge in [-0.1, -0.05) is 140 Å². The fourth-order valence-corrected chi connectivity index (χ4v) is 7.59. The first-order valence-electron chi connectivity index (χ1n) is 17.3. The predicted octanol–water partition coefficient (Wildman–Crippen LogP) is 11.5. The fraction of sp³-hybridized carbons (Fsp3) is 0.0426. The van der Waals surface area contributed by atoms with Gasteiger partial charge >= 0.3 is 0 Å². The molecular formula is C47H31N3O. The second-order valence-electron chi connectivity index (χ2n) is 13.2. The molecule has 4 nitrogen and oxygen atoms in total. The molecule has 7 aromatic carbocycles. The minimum absolute atomic E-state index is 0.00858. The van der Waals surface area contributed by atoms with Gasteiger partial charge in [-0.25, -0.2) is 15.0 Å². The Morgan fingerprint density at radius 2 is 0.980 bits per heavy atom. The van der Waals surface area contributed by atoms with Crippen LogP contribution in [-0.4, -0.2) is 15.0 Å². The summed E-state index contributed by atoms with van der Waals surface area (Å²) in [6.45, 7) is 0. The Balaban J connectivity index is 1.10. The van der Waals surface area contributed by atoms with Crippen molar-refractivity contribution >= 4 is 22.4 Å². The molecule has 0 fully saturated rings. The highest BCUT2D eigenvalue weighted by Gasteiger charge is 2.42. The lowest BCUT2D eigenvalue weighted by Gasteiger charge is -2.29. The monoisotopic (exact) mass is 653 g/mol. The molecule has 0 N–H and O–H groups in total. The smallest absolute Gasteiger partial charge is 0.164 e.